The summed E-state index contributed by atoms with van der Waals surface area (Å²) in [7, 11) is 3.04. The first kappa shape index (κ1) is 21.6. The van der Waals surface area contributed by atoms with E-state index in [1.165, 1.54) is 50.6 Å². The van der Waals surface area contributed by atoms with Crippen molar-refractivity contribution < 1.29 is 33.5 Å². The smallest absolute Gasteiger partial charge is 0.343 e. The number of methoxy groups -OCH3 is 2. The summed E-state index contributed by atoms with van der Waals surface area (Å²) in [5.41, 5.74) is 0.723. The van der Waals surface area contributed by atoms with Crippen molar-refractivity contribution in [3.05, 3.63) is 93.2 Å². The molecule has 0 saturated carbocycles. The fourth-order valence-corrected chi connectivity index (χ4v) is 3.22. The van der Waals surface area contributed by atoms with Crippen LogP contribution in [-0.2, 0) is 0 Å². The second kappa shape index (κ2) is 8.83. The third-order valence-electron chi connectivity index (χ3n) is 4.87. The molecule has 0 fully saturated rings. The summed E-state index contributed by atoms with van der Waals surface area (Å²) < 4.78 is 21.5. The lowest BCUT2D eigenvalue weighted by Gasteiger charge is -2.08. The summed E-state index contributed by atoms with van der Waals surface area (Å²) in [5.74, 6) is 0.424. The summed E-state index contributed by atoms with van der Waals surface area (Å²) in [4.78, 5) is 35.5. The predicted octanol–water partition coefficient (Wildman–Crippen LogP) is 4.45. The van der Waals surface area contributed by atoms with Gasteiger partial charge in [-0.2, -0.15) is 0 Å². The lowest BCUT2D eigenvalue weighted by atomic mass is 10.1. The quantitative estimate of drug-likeness (QED) is 0.179. The van der Waals surface area contributed by atoms with E-state index in [1.807, 2.05) is 0 Å². The van der Waals surface area contributed by atoms with Gasteiger partial charge in [0.2, 0.25) is 5.78 Å². The molecular weight excluding hydrogens is 430 g/mol. The van der Waals surface area contributed by atoms with E-state index in [0.29, 0.717) is 22.6 Å². The van der Waals surface area contributed by atoms with Crippen molar-refractivity contribution in [3.63, 3.8) is 0 Å². The molecule has 1 aliphatic heterocycles. The van der Waals surface area contributed by atoms with Crippen LogP contribution in [-0.4, -0.2) is 30.9 Å². The van der Waals surface area contributed by atoms with Gasteiger partial charge >= 0.3 is 5.97 Å². The summed E-state index contributed by atoms with van der Waals surface area (Å²) in [6, 6.07) is 14.7. The second-order valence-electron chi connectivity index (χ2n) is 6.90. The molecule has 0 saturated heterocycles. The Labute approximate surface area is 187 Å². The number of hydrogen-bond donors (Lipinski definition) is 0. The molecule has 0 unspecified atom stereocenters. The summed E-state index contributed by atoms with van der Waals surface area (Å²) >= 11 is 0. The highest BCUT2D eigenvalue weighted by molar-refractivity contribution is 6.14. The fraction of sp³-hybridized carbons (Fsp3) is 0.0833. The topological polar surface area (TPSA) is 114 Å². The van der Waals surface area contributed by atoms with Crippen LogP contribution in [0, 0.1) is 10.1 Å². The summed E-state index contributed by atoms with van der Waals surface area (Å²) in [6.45, 7) is 0. The highest BCUT2D eigenvalue weighted by Crippen LogP contribution is 2.36. The van der Waals surface area contributed by atoms with Crippen molar-refractivity contribution in [2.24, 2.45) is 0 Å². The average Bonchev–Trinajstić information content (AvgIpc) is 3.13. The molecule has 0 aliphatic carbocycles. The van der Waals surface area contributed by atoms with E-state index in [9.17, 15) is 19.7 Å². The number of ether oxygens (including phenoxy) is 4. The number of rotatable bonds is 6. The Morgan fingerprint density at radius 3 is 2.52 bits per heavy atom. The van der Waals surface area contributed by atoms with Crippen molar-refractivity contribution in [1.82, 2.24) is 0 Å². The molecule has 9 nitrogen and oxygen atoms in total. The standard InChI is InChI=1S/C24H17NO8/c1-30-17-7-6-14(20(12-17)31-2)11-22-23(26)19-9-8-18(13-21(19)33-22)32-24(27)15-4-3-5-16(10-15)25(28)29/h3-13H,1-2H3/b22-11-. The molecular formula is C24H17NO8. The van der Waals surface area contributed by atoms with Gasteiger partial charge in [0.05, 0.1) is 30.3 Å². The molecule has 0 amide bonds. The van der Waals surface area contributed by atoms with E-state index in [1.54, 1.807) is 24.3 Å². The van der Waals surface area contributed by atoms with E-state index in [2.05, 4.69) is 0 Å². The Morgan fingerprint density at radius 1 is 1.00 bits per heavy atom. The van der Waals surface area contributed by atoms with Gasteiger partial charge in [-0.1, -0.05) is 6.07 Å². The van der Waals surface area contributed by atoms with Crippen LogP contribution in [0.15, 0.2) is 66.4 Å². The van der Waals surface area contributed by atoms with Crippen molar-refractivity contribution in [2.75, 3.05) is 14.2 Å². The minimum atomic E-state index is -0.776. The Hall–Kier alpha value is -4.66. The van der Waals surface area contributed by atoms with Gasteiger partial charge in [-0.05, 0) is 36.4 Å². The number of esters is 1. The maximum atomic E-state index is 12.7. The predicted molar refractivity (Wildman–Crippen MR) is 117 cm³/mol. The molecule has 9 heteroatoms. The zero-order valence-electron chi connectivity index (χ0n) is 17.6. The van der Waals surface area contributed by atoms with E-state index in [-0.39, 0.29) is 34.3 Å². The first-order valence-electron chi connectivity index (χ1n) is 9.66. The molecule has 0 atom stereocenters. The number of nitro benzene ring substituents is 1. The third kappa shape index (κ3) is 4.38. The molecule has 166 valence electrons. The van der Waals surface area contributed by atoms with E-state index < -0.39 is 10.9 Å². The number of Topliss-reactive ketones (excluding diaryl/α,β-unsaturated/α-hetero) is 1. The first-order chi connectivity index (χ1) is 15.9. The van der Waals surface area contributed by atoms with Crippen LogP contribution in [0.3, 0.4) is 0 Å². The van der Waals surface area contributed by atoms with Crippen LogP contribution in [0.2, 0.25) is 0 Å². The molecule has 3 aromatic rings. The lowest BCUT2D eigenvalue weighted by molar-refractivity contribution is -0.384. The van der Waals surface area contributed by atoms with Gasteiger partial charge < -0.3 is 18.9 Å². The number of non-ortho nitro benzene ring substituents is 1. The van der Waals surface area contributed by atoms with Crippen LogP contribution < -0.4 is 18.9 Å². The molecule has 0 bridgehead atoms. The third-order valence-corrected chi connectivity index (χ3v) is 4.87. The normalized spacial score (nSPS) is 13.3. The SMILES string of the molecule is COc1ccc(/C=C2\Oc3cc(OC(=O)c4cccc([N+](=O)[O-])c4)ccc3C2=O)c(OC)c1. The Balaban J connectivity index is 1.56. The minimum Gasteiger partial charge on any atom is -0.497 e. The number of allylic oxidation sites excluding steroid dienone is 1. The number of ketones is 1. The maximum Gasteiger partial charge on any atom is 0.343 e. The molecule has 1 aliphatic rings. The lowest BCUT2D eigenvalue weighted by Crippen LogP contribution is -2.08. The molecule has 4 rings (SSSR count). The molecule has 33 heavy (non-hydrogen) atoms. The van der Waals surface area contributed by atoms with Crippen LogP contribution in [0.5, 0.6) is 23.0 Å². The van der Waals surface area contributed by atoms with Gasteiger partial charge in [-0.15, -0.1) is 0 Å². The molecule has 1 heterocycles. The highest BCUT2D eigenvalue weighted by atomic mass is 16.6. The van der Waals surface area contributed by atoms with E-state index >= 15 is 0 Å². The van der Waals surface area contributed by atoms with Crippen molar-refractivity contribution in [3.8, 4) is 23.0 Å². The van der Waals surface area contributed by atoms with E-state index in [0.717, 1.165) is 6.07 Å². The van der Waals surface area contributed by atoms with Gasteiger partial charge in [-0.3, -0.25) is 14.9 Å². The number of fused-ring (bicyclic) bond motifs is 1. The summed E-state index contributed by atoms with van der Waals surface area (Å²) in [6.07, 6.45) is 1.55. The van der Waals surface area contributed by atoms with Crippen LogP contribution in [0.25, 0.3) is 6.08 Å². The Morgan fingerprint density at radius 2 is 1.79 bits per heavy atom. The monoisotopic (exact) mass is 447 g/mol. The van der Waals surface area contributed by atoms with Crippen molar-refractivity contribution >= 4 is 23.5 Å². The van der Waals surface area contributed by atoms with Crippen molar-refractivity contribution in [1.29, 1.82) is 0 Å². The van der Waals surface area contributed by atoms with Gasteiger partial charge in [-0.25, -0.2) is 4.79 Å². The maximum absolute atomic E-state index is 12.7. The number of carbonyl (C=O) groups excluding carboxylic acids is 2. The minimum absolute atomic E-state index is 0.0221. The number of nitrogens with zero attached hydrogens (tertiary/aromatic N) is 1. The zero-order chi connectivity index (χ0) is 23.5. The Bertz CT molecular complexity index is 1310. The highest BCUT2D eigenvalue weighted by Gasteiger charge is 2.28. The van der Waals surface area contributed by atoms with Crippen LogP contribution in [0.4, 0.5) is 5.69 Å². The second-order valence-corrected chi connectivity index (χ2v) is 6.90. The molecule has 0 spiro atoms. The molecule has 0 aromatic heterocycles. The van der Waals surface area contributed by atoms with Gasteiger partial charge in [0.1, 0.15) is 23.0 Å². The number of hydrogen-bond acceptors (Lipinski definition) is 8. The molecule has 0 N–H and O–H groups in total. The first-order valence-corrected chi connectivity index (χ1v) is 9.66. The van der Waals surface area contributed by atoms with Gasteiger partial charge in [0.25, 0.3) is 5.69 Å². The fourth-order valence-electron chi connectivity index (χ4n) is 3.22. The largest absolute Gasteiger partial charge is 0.497 e. The number of carbonyl (C=O) groups is 2. The number of nitro groups is 1. The Kier molecular flexibility index (Phi) is 5.77. The number of benzene rings is 3. The molecule has 3 aromatic carbocycles. The van der Waals surface area contributed by atoms with E-state index in [4.69, 9.17) is 18.9 Å². The van der Waals surface area contributed by atoms with Crippen molar-refractivity contribution in [2.45, 2.75) is 0 Å². The van der Waals surface area contributed by atoms with Gasteiger partial charge in [0, 0.05) is 29.8 Å². The summed E-state index contributed by atoms with van der Waals surface area (Å²) in [5, 5.41) is 10.9. The van der Waals surface area contributed by atoms with Gasteiger partial charge in [0.15, 0.2) is 5.76 Å². The van der Waals surface area contributed by atoms with Crippen LogP contribution >= 0.6 is 0 Å². The average molecular weight is 447 g/mol. The molecule has 0 radical (unpaired) electrons. The zero-order valence-corrected chi connectivity index (χ0v) is 17.6. The van der Waals surface area contributed by atoms with Crippen LogP contribution in [0.1, 0.15) is 26.3 Å².